The first-order valence-electron chi connectivity index (χ1n) is 5.85. The van der Waals surface area contributed by atoms with Crippen molar-refractivity contribution in [2.75, 3.05) is 25.1 Å². The zero-order chi connectivity index (χ0) is 11.9. The number of carboxylic acids is 1. The molecule has 0 amide bonds. The van der Waals surface area contributed by atoms with Crippen LogP contribution in [0.5, 0.6) is 0 Å². The Kier molecular flexibility index (Phi) is 2.32. The van der Waals surface area contributed by atoms with Crippen LogP contribution in [0, 0.1) is 0 Å². The molecule has 3 rings (SSSR count). The zero-order valence-electron chi connectivity index (χ0n) is 9.48. The number of hydrogen-bond acceptors (Lipinski definition) is 4. The van der Waals surface area contributed by atoms with E-state index < -0.39 is 11.4 Å². The monoisotopic (exact) mass is 237 g/mol. The Morgan fingerprint density at radius 2 is 2.29 bits per heavy atom. The molecule has 1 fully saturated rings. The van der Waals surface area contributed by atoms with Crippen molar-refractivity contribution >= 4 is 11.9 Å². The summed E-state index contributed by atoms with van der Waals surface area (Å²) >= 11 is 0. The minimum absolute atomic E-state index is 0.488. The van der Waals surface area contributed by atoms with Crippen LogP contribution in [0.15, 0.2) is 6.20 Å². The van der Waals surface area contributed by atoms with Gasteiger partial charge in [0.1, 0.15) is 5.41 Å². The van der Waals surface area contributed by atoms with E-state index in [4.69, 9.17) is 4.74 Å². The molecule has 0 unspecified atom stereocenters. The number of carbonyl (C=O) groups is 1. The topological polar surface area (TPSA) is 76.4 Å². The Morgan fingerprint density at radius 3 is 2.94 bits per heavy atom. The van der Waals surface area contributed by atoms with Crippen LogP contribution in [-0.4, -0.2) is 40.4 Å². The van der Waals surface area contributed by atoms with Gasteiger partial charge in [-0.05, 0) is 12.8 Å². The molecule has 1 aromatic rings. The first kappa shape index (κ1) is 10.6. The van der Waals surface area contributed by atoms with Crippen LogP contribution in [0.25, 0.3) is 0 Å². The lowest BCUT2D eigenvalue weighted by molar-refractivity contribution is -0.148. The highest BCUT2D eigenvalue weighted by molar-refractivity contribution is 5.81. The van der Waals surface area contributed by atoms with E-state index in [1.165, 1.54) is 0 Å². The highest BCUT2D eigenvalue weighted by Crippen LogP contribution is 2.35. The number of nitrogens with one attached hydrogen (secondary N) is 1. The number of carboxylic acid groups (broad SMARTS) is 1. The maximum absolute atomic E-state index is 11.6. The summed E-state index contributed by atoms with van der Waals surface area (Å²) < 4.78 is 7.24. The molecule has 6 nitrogen and oxygen atoms in total. The van der Waals surface area contributed by atoms with Gasteiger partial charge < -0.3 is 19.7 Å². The number of hydrogen-bond donors (Lipinski definition) is 2. The first-order valence-corrected chi connectivity index (χ1v) is 5.85. The summed E-state index contributed by atoms with van der Waals surface area (Å²) in [5.74, 6) is -0.00955. The molecule has 6 heteroatoms. The molecule has 2 aliphatic heterocycles. The summed E-state index contributed by atoms with van der Waals surface area (Å²) in [5.41, 5.74) is -0.201. The molecular formula is C11H15N3O3. The molecule has 0 saturated carbocycles. The van der Waals surface area contributed by atoms with Gasteiger partial charge in [-0.1, -0.05) is 0 Å². The van der Waals surface area contributed by atoms with Crippen LogP contribution >= 0.6 is 0 Å². The Labute approximate surface area is 98.6 Å². The van der Waals surface area contributed by atoms with Crippen LogP contribution in [0.2, 0.25) is 0 Å². The minimum Gasteiger partial charge on any atom is -0.481 e. The van der Waals surface area contributed by atoms with Crippen molar-refractivity contribution in [2.24, 2.45) is 0 Å². The van der Waals surface area contributed by atoms with E-state index in [1.807, 2.05) is 10.8 Å². The SMILES string of the molecule is O=C(O)C1(c2cn3c(n2)NCC3)CCOCC1. The Hall–Kier alpha value is -1.56. The largest absolute Gasteiger partial charge is 0.481 e. The van der Waals surface area contributed by atoms with Crippen molar-refractivity contribution in [2.45, 2.75) is 24.8 Å². The normalized spacial score (nSPS) is 21.9. The van der Waals surface area contributed by atoms with Gasteiger partial charge in [0.05, 0.1) is 5.69 Å². The number of nitrogens with zero attached hydrogens (tertiary/aromatic N) is 2. The van der Waals surface area contributed by atoms with E-state index in [0.717, 1.165) is 19.0 Å². The maximum Gasteiger partial charge on any atom is 0.315 e. The summed E-state index contributed by atoms with van der Waals surface area (Å²) in [6, 6.07) is 0. The molecule has 0 radical (unpaired) electrons. The maximum atomic E-state index is 11.6. The predicted octanol–water partition coefficient (Wildman–Crippen LogP) is 0.441. The van der Waals surface area contributed by atoms with Gasteiger partial charge in [0.25, 0.3) is 0 Å². The molecule has 0 aliphatic carbocycles. The molecule has 0 bridgehead atoms. The summed E-state index contributed by atoms with van der Waals surface area (Å²) in [5, 5.41) is 12.7. The second-order valence-corrected chi connectivity index (χ2v) is 4.57. The third-order valence-corrected chi connectivity index (χ3v) is 3.66. The molecule has 17 heavy (non-hydrogen) atoms. The molecule has 2 N–H and O–H groups in total. The number of aliphatic carboxylic acids is 1. The third kappa shape index (κ3) is 1.51. The fraction of sp³-hybridized carbons (Fsp3) is 0.636. The van der Waals surface area contributed by atoms with Gasteiger partial charge >= 0.3 is 5.97 Å². The molecule has 2 aliphatic rings. The molecule has 1 aromatic heterocycles. The van der Waals surface area contributed by atoms with E-state index >= 15 is 0 Å². The Balaban J connectivity index is 2.00. The average Bonchev–Trinajstić information content (AvgIpc) is 2.89. The number of fused-ring (bicyclic) bond motifs is 1. The van der Waals surface area contributed by atoms with Gasteiger partial charge in [-0.15, -0.1) is 0 Å². The van der Waals surface area contributed by atoms with Crippen molar-refractivity contribution in [3.05, 3.63) is 11.9 Å². The predicted molar refractivity (Wildman–Crippen MR) is 60.1 cm³/mol. The third-order valence-electron chi connectivity index (χ3n) is 3.66. The van der Waals surface area contributed by atoms with E-state index in [1.54, 1.807) is 0 Å². The van der Waals surface area contributed by atoms with Crippen LogP contribution < -0.4 is 5.32 Å². The van der Waals surface area contributed by atoms with Crippen molar-refractivity contribution in [3.63, 3.8) is 0 Å². The highest BCUT2D eigenvalue weighted by Gasteiger charge is 2.44. The van der Waals surface area contributed by atoms with E-state index in [0.29, 0.717) is 31.7 Å². The van der Waals surface area contributed by atoms with E-state index in [-0.39, 0.29) is 0 Å². The lowest BCUT2D eigenvalue weighted by atomic mass is 9.77. The second-order valence-electron chi connectivity index (χ2n) is 4.57. The van der Waals surface area contributed by atoms with Crippen LogP contribution in [0.4, 0.5) is 5.95 Å². The van der Waals surface area contributed by atoms with Gasteiger partial charge in [-0.3, -0.25) is 4.79 Å². The molecule has 1 saturated heterocycles. The summed E-state index contributed by atoms with van der Waals surface area (Å²) in [6.45, 7) is 2.70. The molecule has 0 spiro atoms. The van der Waals surface area contributed by atoms with Gasteiger partial charge in [-0.25, -0.2) is 4.98 Å². The summed E-state index contributed by atoms with van der Waals surface area (Å²) in [7, 11) is 0. The fourth-order valence-corrected chi connectivity index (χ4v) is 2.55. The van der Waals surface area contributed by atoms with E-state index in [2.05, 4.69) is 10.3 Å². The fourth-order valence-electron chi connectivity index (χ4n) is 2.55. The van der Waals surface area contributed by atoms with Crippen molar-refractivity contribution in [1.82, 2.24) is 9.55 Å². The number of rotatable bonds is 2. The van der Waals surface area contributed by atoms with Gasteiger partial charge in [0, 0.05) is 32.5 Å². The summed E-state index contributed by atoms with van der Waals surface area (Å²) in [4.78, 5) is 16.0. The molecule has 92 valence electrons. The van der Waals surface area contributed by atoms with Crippen molar-refractivity contribution < 1.29 is 14.6 Å². The lowest BCUT2D eigenvalue weighted by Gasteiger charge is -2.31. The van der Waals surface area contributed by atoms with Crippen LogP contribution in [0.1, 0.15) is 18.5 Å². The molecule has 3 heterocycles. The Morgan fingerprint density at radius 1 is 1.53 bits per heavy atom. The molecule has 0 aromatic carbocycles. The molecule has 0 atom stereocenters. The van der Waals surface area contributed by atoms with Gasteiger partial charge in [0.15, 0.2) is 0 Å². The van der Waals surface area contributed by atoms with Crippen LogP contribution in [0.3, 0.4) is 0 Å². The molecular weight excluding hydrogens is 222 g/mol. The van der Waals surface area contributed by atoms with Gasteiger partial charge in [0.2, 0.25) is 5.95 Å². The number of ether oxygens (including phenoxy) is 1. The Bertz CT molecular complexity index is 427. The standard InChI is InChI=1S/C11H15N3O3/c15-9(16)11(1-5-17-6-2-11)8-7-14-4-3-12-10(14)13-8/h7H,1-6H2,(H,12,13)(H,15,16). The quantitative estimate of drug-likeness (QED) is 0.780. The average molecular weight is 237 g/mol. The minimum atomic E-state index is -0.864. The number of aromatic nitrogens is 2. The zero-order valence-corrected chi connectivity index (χ0v) is 9.48. The number of anilines is 1. The second kappa shape index (κ2) is 3.73. The highest BCUT2D eigenvalue weighted by atomic mass is 16.5. The van der Waals surface area contributed by atoms with Crippen molar-refractivity contribution in [1.29, 1.82) is 0 Å². The smallest absolute Gasteiger partial charge is 0.315 e. The number of imidazole rings is 1. The van der Waals surface area contributed by atoms with E-state index in [9.17, 15) is 9.90 Å². The van der Waals surface area contributed by atoms with Gasteiger partial charge in [-0.2, -0.15) is 0 Å². The lowest BCUT2D eigenvalue weighted by Crippen LogP contribution is -2.41. The first-order chi connectivity index (χ1) is 8.22. The van der Waals surface area contributed by atoms with Crippen molar-refractivity contribution in [3.8, 4) is 0 Å². The van der Waals surface area contributed by atoms with Crippen LogP contribution in [-0.2, 0) is 21.5 Å². The summed E-state index contributed by atoms with van der Waals surface area (Å²) in [6.07, 6.45) is 2.87.